The molecule has 1 N–H and O–H groups in total. The van der Waals surface area contributed by atoms with Crippen LogP contribution in [0.15, 0.2) is 36.7 Å². The highest BCUT2D eigenvalue weighted by Crippen LogP contribution is 2.26. The smallest absolute Gasteiger partial charge is 0.257 e. The highest BCUT2D eigenvalue weighted by atomic mass is 19.2. The number of carbonyl (C=O) groups is 1. The van der Waals surface area contributed by atoms with Crippen molar-refractivity contribution in [3.63, 3.8) is 0 Å². The van der Waals surface area contributed by atoms with Crippen LogP contribution in [0.1, 0.15) is 43.0 Å². The van der Waals surface area contributed by atoms with E-state index in [1.807, 2.05) is 0 Å². The van der Waals surface area contributed by atoms with Crippen molar-refractivity contribution in [3.8, 4) is 0 Å². The average molecular weight is 345 g/mol. The third-order valence-corrected chi connectivity index (χ3v) is 4.59. The Balaban J connectivity index is 1.78. The second kappa shape index (κ2) is 7.59. The highest BCUT2D eigenvalue weighted by Gasteiger charge is 2.22. The number of benzene rings is 1. The molecule has 25 heavy (non-hydrogen) atoms. The van der Waals surface area contributed by atoms with Gasteiger partial charge in [0.25, 0.3) is 5.91 Å². The van der Waals surface area contributed by atoms with Gasteiger partial charge in [0, 0.05) is 30.5 Å². The second-order valence-corrected chi connectivity index (χ2v) is 6.27. The number of halogens is 2. The number of rotatable bonds is 4. The van der Waals surface area contributed by atoms with Crippen LogP contribution in [-0.2, 0) is 0 Å². The fraction of sp³-hybridized carbons (Fsp3) is 0.368. The molecule has 0 bridgehead atoms. The van der Waals surface area contributed by atoms with Crippen molar-refractivity contribution < 1.29 is 13.6 Å². The molecule has 1 fully saturated rings. The fourth-order valence-corrected chi connectivity index (χ4v) is 3.25. The molecule has 1 unspecified atom stereocenters. The van der Waals surface area contributed by atoms with Gasteiger partial charge in [-0.3, -0.25) is 9.78 Å². The van der Waals surface area contributed by atoms with E-state index >= 15 is 0 Å². The van der Waals surface area contributed by atoms with Crippen molar-refractivity contribution in [2.45, 2.75) is 38.6 Å². The minimum atomic E-state index is -0.996. The van der Waals surface area contributed by atoms with Gasteiger partial charge in [-0.1, -0.05) is 6.92 Å². The molecule has 0 radical (unpaired) electrons. The molecule has 0 spiro atoms. The summed E-state index contributed by atoms with van der Waals surface area (Å²) in [5, 5.41) is 2.58. The summed E-state index contributed by atoms with van der Waals surface area (Å²) in [6.07, 6.45) is 7.78. The molecule has 1 saturated heterocycles. The van der Waals surface area contributed by atoms with Crippen LogP contribution in [0.25, 0.3) is 0 Å². The first-order valence-electron chi connectivity index (χ1n) is 8.56. The fourth-order valence-electron chi connectivity index (χ4n) is 3.25. The highest BCUT2D eigenvalue weighted by molar-refractivity contribution is 6.04. The largest absolute Gasteiger partial charge is 0.367 e. The lowest BCUT2D eigenvalue weighted by Crippen LogP contribution is -2.39. The Hall–Kier alpha value is -2.50. The van der Waals surface area contributed by atoms with Gasteiger partial charge in [0.2, 0.25) is 0 Å². The molecule has 1 aromatic carbocycles. The summed E-state index contributed by atoms with van der Waals surface area (Å²) in [6, 6.07) is 5.53. The number of piperidine rings is 1. The first-order valence-corrected chi connectivity index (χ1v) is 8.56. The zero-order valence-electron chi connectivity index (χ0n) is 14.1. The summed E-state index contributed by atoms with van der Waals surface area (Å²) < 4.78 is 26.3. The summed E-state index contributed by atoms with van der Waals surface area (Å²) in [5.74, 6) is -2.34. The van der Waals surface area contributed by atoms with Crippen molar-refractivity contribution in [1.29, 1.82) is 0 Å². The molecule has 2 aromatic rings. The number of nitrogens with one attached hydrogen (secondary N) is 1. The van der Waals surface area contributed by atoms with Gasteiger partial charge >= 0.3 is 0 Å². The average Bonchev–Trinajstić information content (AvgIpc) is 2.64. The van der Waals surface area contributed by atoms with E-state index in [9.17, 15) is 13.6 Å². The third-order valence-electron chi connectivity index (χ3n) is 4.59. The number of amides is 1. The van der Waals surface area contributed by atoms with Gasteiger partial charge < -0.3 is 10.2 Å². The van der Waals surface area contributed by atoms with Crippen LogP contribution in [0.5, 0.6) is 0 Å². The van der Waals surface area contributed by atoms with Gasteiger partial charge in [0.15, 0.2) is 11.6 Å². The zero-order valence-corrected chi connectivity index (χ0v) is 14.1. The summed E-state index contributed by atoms with van der Waals surface area (Å²) in [4.78, 5) is 18.9. The van der Waals surface area contributed by atoms with Gasteiger partial charge in [-0.15, -0.1) is 0 Å². The number of nitrogens with zero attached hydrogens (tertiary/aromatic N) is 2. The van der Waals surface area contributed by atoms with E-state index in [-0.39, 0.29) is 5.69 Å². The van der Waals surface area contributed by atoms with Crippen molar-refractivity contribution in [3.05, 3.63) is 53.9 Å². The molecule has 132 valence electrons. The second-order valence-electron chi connectivity index (χ2n) is 6.27. The molecule has 4 nitrogen and oxygen atoms in total. The van der Waals surface area contributed by atoms with E-state index in [2.05, 4.69) is 22.1 Å². The SMILES string of the molecule is CCC1CCCCN1c1cncc(C(=O)Nc2ccc(F)c(F)c2)c1. The number of pyridine rings is 1. The number of carbonyl (C=O) groups excluding carboxylic acids is 1. The Morgan fingerprint density at radius 2 is 2.08 bits per heavy atom. The standard InChI is InChI=1S/C19H21F2N3O/c1-2-15-5-3-4-8-24(15)16-9-13(11-22-12-16)19(25)23-14-6-7-17(20)18(21)10-14/h6-7,9-12,15H,2-5,8H2,1H3,(H,23,25). The molecule has 0 aliphatic carbocycles. The van der Waals surface area contributed by atoms with Crippen molar-refractivity contribution in [2.24, 2.45) is 0 Å². The summed E-state index contributed by atoms with van der Waals surface area (Å²) in [6.45, 7) is 3.12. The number of aromatic nitrogens is 1. The van der Waals surface area contributed by atoms with E-state index in [0.717, 1.165) is 43.6 Å². The molecule has 1 aromatic heterocycles. The van der Waals surface area contributed by atoms with Crippen molar-refractivity contribution in [1.82, 2.24) is 4.98 Å². The molecule has 6 heteroatoms. The van der Waals surface area contributed by atoms with Crippen molar-refractivity contribution in [2.75, 3.05) is 16.8 Å². The quantitative estimate of drug-likeness (QED) is 0.894. The molecule has 0 saturated carbocycles. The molecule has 2 heterocycles. The van der Waals surface area contributed by atoms with E-state index < -0.39 is 17.5 Å². The lowest BCUT2D eigenvalue weighted by Gasteiger charge is -2.37. The van der Waals surface area contributed by atoms with Crippen molar-refractivity contribution >= 4 is 17.3 Å². The first-order chi connectivity index (χ1) is 12.1. The Morgan fingerprint density at radius 3 is 2.84 bits per heavy atom. The van der Waals surface area contributed by atoms with Crippen LogP contribution in [0, 0.1) is 11.6 Å². The topological polar surface area (TPSA) is 45.2 Å². The summed E-state index contributed by atoms with van der Waals surface area (Å²) in [5.41, 5.74) is 1.52. The van der Waals surface area contributed by atoms with Gasteiger partial charge in [-0.25, -0.2) is 8.78 Å². The summed E-state index contributed by atoms with van der Waals surface area (Å²) >= 11 is 0. The maximum absolute atomic E-state index is 13.3. The van der Waals surface area contributed by atoms with Gasteiger partial charge in [0.05, 0.1) is 17.4 Å². The minimum absolute atomic E-state index is 0.207. The molecule has 3 rings (SSSR count). The zero-order chi connectivity index (χ0) is 17.8. The maximum Gasteiger partial charge on any atom is 0.257 e. The predicted molar refractivity (Wildman–Crippen MR) is 93.8 cm³/mol. The lowest BCUT2D eigenvalue weighted by atomic mass is 9.99. The van der Waals surface area contributed by atoms with E-state index in [0.29, 0.717) is 11.6 Å². The Morgan fingerprint density at radius 1 is 1.24 bits per heavy atom. The summed E-state index contributed by atoms with van der Waals surface area (Å²) in [7, 11) is 0. The predicted octanol–water partition coefficient (Wildman–Crippen LogP) is 4.38. The van der Waals surface area contributed by atoms with E-state index in [1.54, 1.807) is 12.3 Å². The lowest BCUT2D eigenvalue weighted by molar-refractivity contribution is 0.102. The molecular formula is C19H21F2N3O. The Bertz CT molecular complexity index is 766. The van der Waals surface area contributed by atoms with Crippen LogP contribution >= 0.6 is 0 Å². The van der Waals surface area contributed by atoms with Gasteiger partial charge in [-0.05, 0) is 43.9 Å². The Kier molecular flexibility index (Phi) is 5.26. The molecule has 1 amide bonds. The molecular weight excluding hydrogens is 324 g/mol. The number of hydrogen-bond donors (Lipinski definition) is 1. The normalized spacial score (nSPS) is 17.4. The monoisotopic (exact) mass is 345 g/mol. The molecule has 1 aliphatic heterocycles. The van der Waals surface area contributed by atoms with Gasteiger partial charge in [-0.2, -0.15) is 0 Å². The maximum atomic E-state index is 13.3. The van der Waals surface area contributed by atoms with Crippen LogP contribution < -0.4 is 10.2 Å². The van der Waals surface area contributed by atoms with E-state index in [4.69, 9.17) is 0 Å². The number of anilines is 2. The van der Waals surface area contributed by atoms with E-state index in [1.165, 1.54) is 18.7 Å². The molecule has 1 aliphatic rings. The van der Waals surface area contributed by atoms with Crippen LogP contribution in [0.3, 0.4) is 0 Å². The number of hydrogen-bond acceptors (Lipinski definition) is 3. The van der Waals surface area contributed by atoms with Crippen LogP contribution in [0.2, 0.25) is 0 Å². The Labute approximate surface area is 145 Å². The van der Waals surface area contributed by atoms with Gasteiger partial charge in [0.1, 0.15) is 0 Å². The van der Waals surface area contributed by atoms with Crippen LogP contribution in [-0.4, -0.2) is 23.5 Å². The first kappa shape index (κ1) is 17.3. The third kappa shape index (κ3) is 3.95. The molecule has 1 atom stereocenters. The minimum Gasteiger partial charge on any atom is -0.367 e. The van der Waals surface area contributed by atoms with Crippen LogP contribution in [0.4, 0.5) is 20.2 Å².